The third-order valence-electron chi connectivity index (χ3n) is 4.04. The molecule has 0 N–H and O–H groups in total. The number of hydrogen-bond donors (Lipinski definition) is 0. The Bertz CT molecular complexity index is 433. The van der Waals surface area contributed by atoms with Crippen LogP contribution < -0.4 is 0 Å². The van der Waals surface area contributed by atoms with Gasteiger partial charge in [-0.15, -0.1) is 0 Å². The maximum Gasteiger partial charge on any atom is 0.149 e. The molecule has 0 spiro atoms. The van der Waals surface area contributed by atoms with Gasteiger partial charge in [-0.2, -0.15) is 0 Å². The Morgan fingerprint density at radius 3 is 2.71 bits per heavy atom. The minimum absolute atomic E-state index is 0.273. The summed E-state index contributed by atoms with van der Waals surface area (Å²) in [5.41, 5.74) is 1.93. The molecule has 0 atom stereocenters. The van der Waals surface area contributed by atoms with E-state index in [2.05, 4.69) is 13.5 Å². The van der Waals surface area contributed by atoms with E-state index in [0.29, 0.717) is 11.0 Å². The lowest BCUT2D eigenvalue weighted by molar-refractivity contribution is 0.449. The zero-order valence-electron chi connectivity index (χ0n) is 10.2. The summed E-state index contributed by atoms with van der Waals surface area (Å²) in [5, 5.41) is 0.273. The molecule has 2 rings (SSSR count). The predicted molar refractivity (Wildman–Crippen MR) is 71.8 cm³/mol. The summed E-state index contributed by atoms with van der Waals surface area (Å²) in [7, 11) is 0. The number of benzene rings is 1. The molecular formula is C15H18ClF. The maximum absolute atomic E-state index is 13.8. The molecule has 1 saturated carbocycles. The highest BCUT2D eigenvalue weighted by Crippen LogP contribution is 2.52. The summed E-state index contributed by atoms with van der Waals surface area (Å²) in [4.78, 5) is 0. The Labute approximate surface area is 107 Å². The second-order valence-corrected chi connectivity index (χ2v) is 5.38. The molecule has 17 heavy (non-hydrogen) atoms. The number of hydrogen-bond acceptors (Lipinski definition) is 0. The van der Waals surface area contributed by atoms with Crippen molar-refractivity contribution in [3.05, 3.63) is 40.7 Å². The van der Waals surface area contributed by atoms with E-state index in [-0.39, 0.29) is 10.8 Å². The van der Waals surface area contributed by atoms with Gasteiger partial charge in [0.05, 0.1) is 5.02 Å². The van der Waals surface area contributed by atoms with Crippen LogP contribution in [0.15, 0.2) is 18.7 Å². The molecule has 0 aromatic heterocycles. The van der Waals surface area contributed by atoms with Crippen LogP contribution in [0.4, 0.5) is 4.39 Å². The van der Waals surface area contributed by atoms with Crippen LogP contribution >= 0.6 is 11.6 Å². The average molecular weight is 253 g/mol. The van der Waals surface area contributed by atoms with Gasteiger partial charge in [-0.1, -0.05) is 49.7 Å². The van der Waals surface area contributed by atoms with Crippen molar-refractivity contribution in [2.24, 2.45) is 5.41 Å². The molecule has 0 radical (unpaired) electrons. The Hall–Kier alpha value is -0.820. The van der Waals surface area contributed by atoms with Crippen molar-refractivity contribution in [2.45, 2.75) is 39.0 Å². The van der Waals surface area contributed by atoms with Gasteiger partial charge >= 0.3 is 0 Å². The maximum atomic E-state index is 13.8. The summed E-state index contributed by atoms with van der Waals surface area (Å²) in [6.45, 7) is 5.80. The van der Waals surface area contributed by atoms with Crippen molar-refractivity contribution in [3.63, 3.8) is 0 Å². The fourth-order valence-electron chi connectivity index (χ4n) is 2.31. The molecule has 1 aliphatic carbocycles. The van der Waals surface area contributed by atoms with Crippen molar-refractivity contribution < 1.29 is 4.39 Å². The minimum atomic E-state index is -0.333. The van der Waals surface area contributed by atoms with Gasteiger partial charge < -0.3 is 0 Å². The molecular weight excluding hydrogens is 235 g/mol. The van der Waals surface area contributed by atoms with E-state index in [1.165, 1.54) is 25.3 Å². The van der Waals surface area contributed by atoms with Crippen LogP contribution in [-0.2, 0) is 6.42 Å². The largest absolute Gasteiger partial charge is 0.205 e. The van der Waals surface area contributed by atoms with Gasteiger partial charge in [0.1, 0.15) is 5.82 Å². The van der Waals surface area contributed by atoms with Gasteiger partial charge in [-0.3, -0.25) is 0 Å². The molecule has 0 unspecified atom stereocenters. The first kappa shape index (κ1) is 12.6. The third kappa shape index (κ3) is 2.55. The molecule has 0 amide bonds. The van der Waals surface area contributed by atoms with E-state index in [9.17, 15) is 4.39 Å². The summed E-state index contributed by atoms with van der Waals surface area (Å²) in [6, 6.07) is 3.68. The lowest BCUT2D eigenvalue weighted by atomic mass is 9.94. The molecule has 0 heterocycles. The molecule has 1 aromatic carbocycles. The highest BCUT2D eigenvalue weighted by atomic mass is 35.5. The van der Waals surface area contributed by atoms with Crippen LogP contribution in [-0.4, -0.2) is 0 Å². The highest BCUT2D eigenvalue weighted by Gasteiger charge is 2.39. The first-order chi connectivity index (χ1) is 8.12. The second kappa shape index (κ2) is 4.81. The van der Waals surface area contributed by atoms with E-state index in [4.69, 9.17) is 11.6 Å². The molecule has 1 aliphatic rings. The Kier molecular flexibility index (Phi) is 3.58. The van der Waals surface area contributed by atoms with Gasteiger partial charge in [-0.05, 0) is 36.7 Å². The molecule has 0 aliphatic heterocycles. The van der Waals surface area contributed by atoms with Gasteiger partial charge in [0.15, 0.2) is 0 Å². The van der Waals surface area contributed by atoms with Crippen LogP contribution in [0.25, 0.3) is 6.08 Å². The SMILES string of the molecule is C=Cc1ccc(CCC2(CC)CC2)c(Cl)c1F. The summed E-state index contributed by atoms with van der Waals surface area (Å²) in [5.74, 6) is -0.333. The lowest BCUT2D eigenvalue weighted by Gasteiger charge is -2.13. The molecule has 1 fully saturated rings. The number of aryl methyl sites for hydroxylation is 1. The fourth-order valence-corrected chi connectivity index (χ4v) is 2.58. The molecule has 1 aromatic rings. The predicted octanol–water partition coefficient (Wildman–Crippen LogP) is 5.24. The van der Waals surface area contributed by atoms with Crippen LogP contribution in [0.3, 0.4) is 0 Å². The second-order valence-electron chi connectivity index (χ2n) is 5.00. The van der Waals surface area contributed by atoms with E-state index < -0.39 is 0 Å². The molecule has 0 bridgehead atoms. The van der Waals surface area contributed by atoms with E-state index in [1.54, 1.807) is 6.07 Å². The normalized spacial score (nSPS) is 16.9. The summed E-state index contributed by atoms with van der Waals surface area (Å²) < 4.78 is 13.8. The topological polar surface area (TPSA) is 0 Å². The average Bonchev–Trinajstić information content (AvgIpc) is 3.12. The van der Waals surface area contributed by atoms with Gasteiger partial charge in [0.25, 0.3) is 0 Å². The molecule has 92 valence electrons. The smallest absolute Gasteiger partial charge is 0.149 e. The van der Waals surface area contributed by atoms with Crippen molar-refractivity contribution in [1.29, 1.82) is 0 Å². The van der Waals surface area contributed by atoms with Gasteiger partial charge in [-0.25, -0.2) is 4.39 Å². The van der Waals surface area contributed by atoms with E-state index in [0.717, 1.165) is 18.4 Å². The molecule has 0 nitrogen and oxygen atoms in total. The van der Waals surface area contributed by atoms with Crippen molar-refractivity contribution >= 4 is 17.7 Å². The monoisotopic (exact) mass is 252 g/mol. The van der Waals surface area contributed by atoms with Gasteiger partial charge in [0.2, 0.25) is 0 Å². The summed E-state index contributed by atoms with van der Waals surface area (Å²) in [6.07, 6.45) is 7.34. The van der Waals surface area contributed by atoms with E-state index in [1.807, 2.05) is 6.07 Å². The highest BCUT2D eigenvalue weighted by molar-refractivity contribution is 6.31. The van der Waals surface area contributed by atoms with Gasteiger partial charge in [0, 0.05) is 5.56 Å². The van der Waals surface area contributed by atoms with Crippen molar-refractivity contribution in [3.8, 4) is 0 Å². The molecule has 0 saturated heterocycles. The minimum Gasteiger partial charge on any atom is -0.205 e. The van der Waals surface area contributed by atoms with Crippen LogP contribution in [0.5, 0.6) is 0 Å². The third-order valence-corrected chi connectivity index (χ3v) is 4.45. The van der Waals surface area contributed by atoms with Crippen LogP contribution in [0.1, 0.15) is 43.7 Å². The van der Waals surface area contributed by atoms with Crippen molar-refractivity contribution in [1.82, 2.24) is 0 Å². The number of rotatable bonds is 5. The van der Waals surface area contributed by atoms with E-state index >= 15 is 0 Å². The number of halogens is 2. The van der Waals surface area contributed by atoms with Crippen LogP contribution in [0, 0.1) is 11.2 Å². The Morgan fingerprint density at radius 2 is 2.18 bits per heavy atom. The molecule has 2 heteroatoms. The fraction of sp³-hybridized carbons (Fsp3) is 0.467. The summed E-state index contributed by atoms with van der Waals surface area (Å²) >= 11 is 6.05. The lowest BCUT2D eigenvalue weighted by Crippen LogP contribution is -2.01. The first-order valence-electron chi connectivity index (χ1n) is 6.21. The van der Waals surface area contributed by atoms with Crippen LogP contribution in [0.2, 0.25) is 5.02 Å². The van der Waals surface area contributed by atoms with Crippen molar-refractivity contribution in [2.75, 3.05) is 0 Å². The Morgan fingerprint density at radius 1 is 1.47 bits per heavy atom. The quantitative estimate of drug-likeness (QED) is 0.672. The zero-order chi connectivity index (χ0) is 12.5. The Balaban J connectivity index is 2.11. The standard InChI is InChI=1S/C15H18ClF/c1-3-11-5-6-12(13(16)14(11)17)7-8-15(4-2)9-10-15/h3,5-6H,1,4,7-10H2,2H3. The zero-order valence-corrected chi connectivity index (χ0v) is 11.0. The first-order valence-corrected chi connectivity index (χ1v) is 6.59.